The second kappa shape index (κ2) is 6.57. The molecule has 1 aliphatic carbocycles. The van der Waals surface area contributed by atoms with Crippen LogP contribution in [0.25, 0.3) is 5.65 Å². The third kappa shape index (κ3) is 3.10. The van der Waals surface area contributed by atoms with Gasteiger partial charge in [-0.1, -0.05) is 0 Å². The van der Waals surface area contributed by atoms with E-state index in [1.807, 2.05) is 41.3 Å². The van der Waals surface area contributed by atoms with E-state index >= 15 is 0 Å². The number of carbonyl (C=O) groups is 1. The molecule has 0 spiro atoms. The summed E-state index contributed by atoms with van der Waals surface area (Å²) in [7, 11) is 0. The maximum absolute atomic E-state index is 12.8. The van der Waals surface area contributed by atoms with Gasteiger partial charge in [0.2, 0.25) is 0 Å². The second-order valence-corrected chi connectivity index (χ2v) is 7.21. The number of amides is 1. The predicted molar refractivity (Wildman–Crippen MR) is 96.9 cm³/mol. The average Bonchev–Trinajstić information content (AvgIpc) is 3.29. The number of fused-ring (bicyclic) bond motifs is 1. The molecule has 1 saturated carbocycles. The molecular formula is C19H23N5O2. The van der Waals surface area contributed by atoms with E-state index in [1.165, 1.54) is 0 Å². The van der Waals surface area contributed by atoms with Crippen LogP contribution >= 0.6 is 0 Å². The van der Waals surface area contributed by atoms with Crippen LogP contribution in [0, 0.1) is 19.8 Å². The normalized spacial score (nSPS) is 22.8. The van der Waals surface area contributed by atoms with Crippen molar-refractivity contribution in [3.8, 4) is 0 Å². The summed E-state index contributed by atoms with van der Waals surface area (Å²) in [6.07, 6.45) is 8.21. The number of nitrogens with zero attached hydrogens (tertiary/aromatic N) is 4. The van der Waals surface area contributed by atoms with Gasteiger partial charge in [-0.2, -0.15) is 0 Å². The molecule has 3 heterocycles. The van der Waals surface area contributed by atoms with Crippen LogP contribution < -0.4 is 5.32 Å². The quantitative estimate of drug-likeness (QED) is 0.748. The van der Waals surface area contributed by atoms with Crippen molar-refractivity contribution in [1.29, 1.82) is 0 Å². The van der Waals surface area contributed by atoms with E-state index < -0.39 is 6.10 Å². The first-order chi connectivity index (χ1) is 12.5. The number of aliphatic hydroxyl groups is 1. The van der Waals surface area contributed by atoms with Crippen molar-refractivity contribution < 1.29 is 9.90 Å². The maximum Gasteiger partial charge on any atom is 0.255 e. The maximum atomic E-state index is 12.8. The van der Waals surface area contributed by atoms with Crippen molar-refractivity contribution in [2.45, 2.75) is 45.4 Å². The van der Waals surface area contributed by atoms with Crippen LogP contribution in [0.4, 0.5) is 0 Å². The molecule has 7 heteroatoms. The van der Waals surface area contributed by atoms with Gasteiger partial charge in [-0.3, -0.25) is 4.79 Å². The molecule has 0 aromatic carbocycles. The van der Waals surface area contributed by atoms with Gasteiger partial charge in [0.15, 0.2) is 0 Å². The van der Waals surface area contributed by atoms with Crippen molar-refractivity contribution in [2.24, 2.45) is 5.92 Å². The third-order valence-electron chi connectivity index (χ3n) is 5.16. The van der Waals surface area contributed by atoms with Crippen molar-refractivity contribution in [3.05, 3.63) is 54.0 Å². The number of aryl methyl sites for hydroxylation is 2. The number of nitrogens with one attached hydrogen (secondary N) is 1. The van der Waals surface area contributed by atoms with E-state index in [2.05, 4.69) is 15.3 Å². The van der Waals surface area contributed by atoms with Crippen LogP contribution in [0.1, 0.15) is 34.6 Å². The van der Waals surface area contributed by atoms with Gasteiger partial charge in [0, 0.05) is 36.5 Å². The first kappa shape index (κ1) is 16.8. The van der Waals surface area contributed by atoms with E-state index in [1.54, 1.807) is 18.6 Å². The molecule has 2 N–H and O–H groups in total. The van der Waals surface area contributed by atoms with Gasteiger partial charge in [0.25, 0.3) is 5.91 Å². The Morgan fingerprint density at radius 2 is 2.19 bits per heavy atom. The molecule has 1 unspecified atom stereocenters. The molecular weight excluding hydrogens is 330 g/mol. The molecule has 26 heavy (non-hydrogen) atoms. The lowest BCUT2D eigenvalue weighted by molar-refractivity contribution is 0.0874. The SMILES string of the molecule is Cc1cc(C)n2ccc(C(=O)N[C@@H]3CC(Cn4ccnc4)C[C@H]3O)c2n1. The molecule has 0 saturated heterocycles. The summed E-state index contributed by atoms with van der Waals surface area (Å²) in [6, 6.07) is 3.53. The Kier molecular flexibility index (Phi) is 4.24. The fourth-order valence-corrected chi connectivity index (χ4v) is 3.93. The number of hydrogen-bond acceptors (Lipinski definition) is 4. The minimum absolute atomic E-state index is 0.183. The number of carbonyl (C=O) groups excluding carboxylic acids is 1. The summed E-state index contributed by atoms with van der Waals surface area (Å²) in [5.74, 6) is 0.134. The van der Waals surface area contributed by atoms with Gasteiger partial charge in [-0.05, 0) is 44.7 Å². The molecule has 4 rings (SSSR count). The second-order valence-electron chi connectivity index (χ2n) is 7.21. The minimum atomic E-state index is -0.530. The van der Waals surface area contributed by atoms with Gasteiger partial charge in [0.05, 0.1) is 24.0 Å². The molecule has 136 valence electrons. The van der Waals surface area contributed by atoms with Crippen molar-refractivity contribution >= 4 is 11.6 Å². The number of hydrogen-bond donors (Lipinski definition) is 2. The monoisotopic (exact) mass is 353 g/mol. The highest BCUT2D eigenvalue weighted by Gasteiger charge is 2.34. The molecule has 3 aromatic rings. The average molecular weight is 353 g/mol. The summed E-state index contributed by atoms with van der Waals surface area (Å²) >= 11 is 0. The Morgan fingerprint density at radius 1 is 1.35 bits per heavy atom. The predicted octanol–water partition coefficient (Wildman–Crippen LogP) is 1.72. The molecule has 0 aliphatic heterocycles. The lowest BCUT2D eigenvalue weighted by Crippen LogP contribution is -2.39. The number of aromatic nitrogens is 4. The fraction of sp³-hybridized carbons (Fsp3) is 0.421. The lowest BCUT2D eigenvalue weighted by atomic mass is 10.1. The summed E-state index contributed by atoms with van der Waals surface area (Å²) in [6.45, 7) is 4.71. The van der Waals surface area contributed by atoms with Crippen LogP contribution in [-0.2, 0) is 6.54 Å². The largest absolute Gasteiger partial charge is 0.391 e. The van der Waals surface area contributed by atoms with Gasteiger partial charge in [-0.25, -0.2) is 9.97 Å². The molecule has 1 aliphatic rings. The van der Waals surface area contributed by atoms with Gasteiger partial charge >= 0.3 is 0 Å². The first-order valence-electron chi connectivity index (χ1n) is 8.91. The molecule has 1 fully saturated rings. The highest BCUT2D eigenvalue weighted by atomic mass is 16.3. The Hall–Kier alpha value is -2.67. The standard InChI is InChI=1S/C19H23N5O2/c1-12-7-13(2)24-5-3-15(18(24)21-12)19(26)22-16-8-14(9-17(16)25)10-23-6-4-20-11-23/h3-7,11,14,16-17,25H,8-10H2,1-2H3,(H,22,26)/t14?,16-,17-/m1/s1. The molecule has 0 bridgehead atoms. The summed E-state index contributed by atoms with van der Waals surface area (Å²) in [4.78, 5) is 21.3. The highest BCUT2D eigenvalue weighted by molar-refractivity contribution is 6.00. The molecule has 3 atom stereocenters. The Labute approximate surface area is 151 Å². The summed E-state index contributed by atoms with van der Waals surface area (Å²) in [5.41, 5.74) is 3.11. The zero-order valence-corrected chi connectivity index (χ0v) is 15.0. The van der Waals surface area contributed by atoms with Crippen molar-refractivity contribution in [3.63, 3.8) is 0 Å². The van der Waals surface area contributed by atoms with Crippen LogP contribution in [0.3, 0.4) is 0 Å². The van der Waals surface area contributed by atoms with Crippen molar-refractivity contribution in [2.75, 3.05) is 0 Å². The van der Waals surface area contributed by atoms with Gasteiger partial charge in [-0.15, -0.1) is 0 Å². The summed E-state index contributed by atoms with van der Waals surface area (Å²) in [5, 5.41) is 13.4. The van der Waals surface area contributed by atoms with E-state index in [0.717, 1.165) is 24.4 Å². The Morgan fingerprint density at radius 3 is 2.96 bits per heavy atom. The molecule has 7 nitrogen and oxygen atoms in total. The van der Waals surface area contributed by atoms with E-state index in [9.17, 15) is 9.90 Å². The summed E-state index contributed by atoms with van der Waals surface area (Å²) < 4.78 is 3.92. The number of aliphatic hydroxyl groups excluding tert-OH is 1. The smallest absolute Gasteiger partial charge is 0.255 e. The first-order valence-corrected chi connectivity index (χ1v) is 8.91. The number of imidazole rings is 1. The zero-order valence-electron chi connectivity index (χ0n) is 15.0. The highest BCUT2D eigenvalue weighted by Crippen LogP contribution is 2.28. The lowest BCUT2D eigenvalue weighted by Gasteiger charge is -2.16. The van der Waals surface area contributed by atoms with E-state index in [-0.39, 0.29) is 11.9 Å². The minimum Gasteiger partial charge on any atom is -0.391 e. The molecule has 1 amide bonds. The zero-order chi connectivity index (χ0) is 18.3. The fourth-order valence-electron chi connectivity index (χ4n) is 3.93. The van der Waals surface area contributed by atoms with E-state index in [0.29, 0.717) is 23.5 Å². The van der Waals surface area contributed by atoms with Gasteiger partial charge in [0.1, 0.15) is 5.65 Å². The van der Waals surface area contributed by atoms with Crippen molar-refractivity contribution in [1.82, 2.24) is 24.3 Å². The molecule has 3 aromatic heterocycles. The Balaban J connectivity index is 1.48. The van der Waals surface area contributed by atoms with Crippen LogP contribution in [0.5, 0.6) is 0 Å². The topological polar surface area (TPSA) is 84.5 Å². The molecule has 0 radical (unpaired) electrons. The third-order valence-corrected chi connectivity index (χ3v) is 5.16. The van der Waals surface area contributed by atoms with E-state index in [4.69, 9.17) is 0 Å². The number of rotatable bonds is 4. The van der Waals surface area contributed by atoms with Crippen LogP contribution in [-0.4, -0.2) is 42.1 Å². The van der Waals surface area contributed by atoms with Gasteiger partial charge < -0.3 is 19.4 Å². The Bertz CT molecular complexity index is 931. The van der Waals surface area contributed by atoms with Crippen LogP contribution in [0.2, 0.25) is 0 Å². The van der Waals surface area contributed by atoms with Crippen LogP contribution in [0.15, 0.2) is 37.1 Å².